The van der Waals surface area contributed by atoms with Crippen molar-refractivity contribution < 1.29 is 0 Å². The van der Waals surface area contributed by atoms with E-state index >= 15 is 0 Å². The zero-order chi connectivity index (χ0) is 9.54. The largest absolute Gasteiger partial charge is 0.313 e. The summed E-state index contributed by atoms with van der Waals surface area (Å²) in [5, 5.41) is 0. The maximum atomic E-state index is 11.1. The van der Waals surface area contributed by atoms with Gasteiger partial charge in [-0.1, -0.05) is 12.2 Å². The maximum Gasteiger partial charge on any atom is 0.250 e. The Balaban J connectivity index is 1.97. The van der Waals surface area contributed by atoms with Gasteiger partial charge >= 0.3 is 0 Å². The van der Waals surface area contributed by atoms with Gasteiger partial charge in [-0.3, -0.25) is 4.79 Å². The predicted octanol–water partition coefficient (Wildman–Crippen LogP) is 1.45. The summed E-state index contributed by atoms with van der Waals surface area (Å²) < 4.78 is 0. The van der Waals surface area contributed by atoms with Crippen molar-refractivity contribution in [3.05, 3.63) is 40.6 Å². The molecule has 3 atom stereocenters. The van der Waals surface area contributed by atoms with Crippen molar-refractivity contribution in [1.82, 2.24) is 9.97 Å². The van der Waals surface area contributed by atoms with E-state index in [1.54, 1.807) is 6.07 Å². The number of aromatic nitrogens is 2. The van der Waals surface area contributed by atoms with E-state index in [-0.39, 0.29) is 5.56 Å². The summed E-state index contributed by atoms with van der Waals surface area (Å²) in [6, 6.07) is 1.64. The number of fused-ring (bicyclic) bond motifs is 2. The smallest absolute Gasteiger partial charge is 0.250 e. The topological polar surface area (TPSA) is 45.8 Å². The summed E-state index contributed by atoms with van der Waals surface area (Å²) in [5.74, 6) is 1.83. The molecule has 1 N–H and O–H groups in total. The standard InChI is InChI=1S/C11H12N2O/c14-11-5-10(12-6-13-11)9-4-7-1-2-8(9)3-7/h1-2,5-9H,3-4H2,(H,12,13,14)/t7-,8-,9+/m0/s1. The second kappa shape index (κ2) is 2.80. The van der Waals surface area contributed by atoms with Gasteiger partial charge in [0.2, 0.25) is 0 Å². The van der Waals surface area contributed by atoms with Gasteiger partial charge in [-0.2, -0.15) is 0 Å². The molecule has 0 amide bonds. The Kier molecular flexibility index (Phi) is 1.60. The number of rotatable bonds is 1. The van der Waals surface area contributed by atoms with E-state index in [0.717, 1.165) is 18.0 Å². The molecule has 14 heavy (non-hydrogen) atoms. The monoisotopic (exact) mass is 188 g/mol. The number of allylic oxidation sites excluding steroid dienone is 2. The van der Waals surface area contributed by atoms with E-state index in [2.05, 4.69) is 22.1 Å². The Bertz CT molecular complexity index is 435. The fourth-order valence-corrected chi connectivity index (χ4v) is 2.71. The number of nitrogens with one attached hydrogen (secondary N) is 1. The molecule has 2 bridgehead atoms. The molecule has 72 valence electrons. The van der Waals surface area contributed by atoms with E-state index in [1.165, 1.54) is 12.7 Å². The fourth-order valence-electron chi connectivity index (χ4n) is 2.71. The van der Waals surface area contributed by atoms with Gasteiger partial charge in [0.05, 0.1) is 12.0 Å². The van der Waals surface area contributed by atoms with Crippen LogP contribution in [-0.2, 0) is 0 Å². The van der Waals surface area contributed by atoms with Crippen molar-refractivity contribution in [1.29, 1.82) is 0 Å². The van der Waals surface area contributed by atoms with E-state index in [0.29, 0.717) is 11.8 Å². The van der Waals surface area contributed by atoms with E-state index < -0.39 is 0 Å². The molecule has 2 aliphatic rings. The lowest BCUT2D eigenvalue weighted by atomic mass is 9.90. The Morgan fingerprint density at radius 2 is 2.29 bits per heavy atom. The lowest BCUT2D eigenvalue weighted by molar-refractivity contribution is 0.568. The van der Waals surface area contributed by atoms with Crippen molar-refractivity contribution in [2.24, 2.45) is 11.8 Å². The summed E-state index contributed by atoms with van der Waals surface area (Å²) in [6.45, 7) is 0. The maximum absolute atomic E-state index is 11.1. The lowest BCUT2D eigenvalue weighted by Crippen LogP contribution is -2.13. The molecule has 2 aliphatic carbocycles. The van der Waals surface area contributed by atoms with Crippen LogP contribution in [0.25, 0.3) is 0 Å². The summed E-state index contributed by atoms with van der Waals surface area (Å²) in [5.41, 5.74) is 0.923. The summed E-state index contributed by atoms with van der Waals surface area (Å²) in [7, 11) is 0. The van der Waals surface area contributed by atoms with Gasteiger partial charge in [0.15, 0.2) is 0 Å². The fraction of sp³-hybridized carbons (Fsp3) is 0.455. The van der Waals surface area contributed by atoms with Gasteiger partial charge < -0.3 is 4.98 Å². The molecular weight excluding hydrogens is 176 g/mol. The molecule has 0 unspecified atom stereocenters. The molecule has 0 aromatic carbocycles. The third kappa shape index (κ3) is 1.12. The van der Waals surface area contributed by atoms with E-state index in [9.17, 15) is 4.79 Å². The SMILES string of the molecule is O=c1cc([C@@H]2C[C@H]3C=C[C@H]2C3)nc[nH]1. The van der Waals surface area contributed by atoms with Crippen molar-refractivity contribution in [2.75, 3.05) is 0 Å². The Hall–Kier alpha value is -1.38. The average molecular weight is 188 g/mol. The van der Waals surface area contributed by atoms with Crippen molar-refractivity contribution in [3.63, 3.8) is 0 Å². The van der Waals surface area contributed by atoms with E-state index in [4.69, 9.17) is 0 Å². The Morgan fingerprint density at radius 3 is 2.93 bits per heavy atom. The molecule has 3 rings (SSSR count). The van der Waals surface area contributed by atoms with Crippen LogP contribution in [-0.4, -0.2) is 9.97 Å². The molecule has 3 heteroatoms. The summed E-state index contributed by atoms with van der Waals surface area (Å²) in [6.07, 6.45) is 8.50. The van der Waals surface area contributed by atoms with E-state index in [1.807, 2.05) is 0 Å². The highest BCUT2D eigenvalue weighted by atomic mass is 16.1. The highest BCUT2D eigenvalue weighted by molar-refractivity contribution is 5.21. The zero-order valence-corrected chi connectivity index (χ0v) is 7.81. The second-order valence-corrected chi connectivity index (χ2v) is 4.22. The van der Waals surface area contributed by atoms with Crippen LogP contribution in [0.5, 0.6) is 0 Å². The predicted molar refractivity (Wildman–Crippen MR) is 53.0 cm³/mol. The lowest BCUT2D eigenvalue weighted by Gasteiger charge is -2.16. The van der Waals surface area contributed by atoms with Crippen LogP contribution in [0.2, 0.25) is 0 Å². The van der Waals surface area contributed by atoms with Gasteiger partial charge in [0.25, 0.3) is 5.56 Å². The van der Waals surface area contributed by atoms with Gasteiger partial charge in [0.1, 0.15) is 0 Å². The van der Waals surface area contributed by atoms with Crippen LogP contribution >= 0.6 is 0 Å². The van der Waals surface area contributed by atoms with Crippen LogP contribution in [0.4, 0.5) is 0 Å². The third-order valence-corrected chi connectivity index (χ3v) is 3.36. The number of hydrogen-bond donors (Lipinski definition) is 1. The van der Waals surface area contributed by atoms with Gasteiger partial charge in [0, 0.05) is 12.0 Å². The van der Waals surface area contributed by atoms with Crippen molar-refractivity contribution in [3.8, 4) is 0 Å². The van der Waals surface area contributed by atoms with Gasteiger partial charge in [-0.15, -0.1) is 0 Å². The van der Waals surface area contributed by atoms with Gasteiger partial charge in [-0.25, -0.2) is 4.98 Å². The molecule has 1 aromatic rings. The van der Waals surface area contributed by atoms with Crippen LogP contribution in [0.3, 0.4) is 0 Å². The quantitative estimate of drug-likeness (QED) is 0.678. The summed E-state index contributed by atoms with van der Waals surface area (Å²) >= 11 is 0. The number of aromatic amines is 1. The Morgan fingerprint density at radius 1 is 1.36 bits per heavy atom. The average Bonchev–Trinajstić information content (AvgIpc) is 2.78. The first-order chi connectivity index (χ1) is 6.83. The second-order valence-electron chi connectivity index (χ2n) is 4.22. The number of nitrogens with zero attached hydrogens (tertiary/aromatic N) is 1. The van der Waals surface area contributed by atoms with Crippen LogP contribution < -0.4 is 5.56 Å². The molecule has 0 aliphatic heterocycles. The zero-order valence-electron chi connectivity index (χ0n) is 7.81. The normalized spacial score (nSPS) is 33.9. The molecule has 0 radical (unpaired) electrons. The molecule has 3 nitrogen and oxygen atoms in total. The number of H-pyrrole nitrogens is 1. The number of hydrogen-bond acceptors (Lipinski definition) is 2. The molecule has 1 aromatic heterocycles. The first kappa shape index (κ1) is 7.97. The molecule has 1 fully saturated rings. The first-order valence-electron chi connectivity index (χ1n) is 5.06. The highest BCUT2D eigenvalue weighted by Gasteiger charge is 2.37. The molecular formula is C11H12N2O. The first-order valence-corrected chi connectivity index (χ1v) is 5.06. The van der Waals surface area contributed by atoms with Crippen LogP contribution in [0.1, 0.15) is 24.5 Å². The minimum absolute atomic E-state index is 0.0400. The minimum atomic E-state index is -0.0400. The molecule has 0 spiro atoms. The minimum Gasteiger partial charge on any atom is -0.313 e. The van der Waals surface area contributed by atoms with Gasteiger partial charge in [-0.05, 0) is 24.7 Å². The molecule has 1 heterocycles. The van der Waals surface area contributed by atoms with Crippen molar-refractivity contribution in [2.45, 2.75) is 18.8 Å². The van der Waals surface area contributed by atoms with Crippen LogP contribution in [0.15, 0.2) is 29.3 Å². The van der Waals surface area contributed by atoms with Crippen molar-refractivity contribution >= 4 is 0 Å². The third-order valence-electron chi connectivity index (χ3n) is 3.36. The highest BCUT2D eigenvalue weighted by Crippen LogP contribution is 2.47. The Labute approximate surface area is 81.9 Å². The summed E-state index contributed by atoms with van der Waals surface area (Å²) in [4.78, 5) is 17.9. The molecule has 0 saturated heterocycles. The molecule has 1 saturated carbocycles. The van der Waals surface area contributed by atoms with Crippen LogP contribution in [0, 0.1) is 11.8 Å².